The Morgan fingerprint density at radius 2 is 1.53 bits per heavy atom. The van der Waals surface area contributed by atoms with Gasteiger partial charge in [0.1, 0.15) is 11.5 Å². The number of aromatic hydroxyl groups is 2. The van der Waals surface area contributed by atoms with Crippen LogP contribution in [0.5, 0.6) is 11.5 Å². The molecule has 0 heterocycles. The number of rotatable bonds is 0. The first kappa shape index (κ1) is 9.59. The highest BCUT2D eigenvalue weighted by molar-refractivity contribution is 5.94. The first-order valence-corrected chi connectivity index (χ1v) is 4.64. The van der Waals surface area contributed by atoms with E-state index in [2.05, 4.69) is 13.2 Å². The van der Waals surface area contributed by atoms with Gasteiger partial charge >= 0.3 is 0 Å². The molecule has 0 unspecified atom stereocenters. The molecule has 0 aromatic heterocycles. The second-order valence-electron chi connectivity index (χ2n) is 3.70. The molecule has 2 aromatic carbocycles. The van der Waals surface area contributed by atoms with Crippen LogP contribution in [0.3, 0.4) is 0 Å². The molecule has 0 aliphatic heterocycles. The quantitative estimate of drug-likeness (QED) is 0.631. The second kappa shape index (κ2) is 3.02. The van der Waals surface area contributed by atoms with Crippen LogP contribution in [-0.2, 0) is 0 Å². The summed E-state index contributed by atoms with van der Waals surface area (Å²) < 4.78 is 0. The van der Waals surface area contributed by atoms with Crippen molar-refractivity contribution in [2.45, 2.75) is 6.92 Å². The maximum absolute atomic E-state index is 9.91. The lowest BCUT2D eigenvalue weighted by atomic mass is 10.0. The fourth-order valence-electron chi connectivity index (χ4n) is 1.79. The maximum Gasteiger partial charge on any atom is 0.127 e. The summed E-state index contributed by atoms with van der Waals surface area (Å²) in [5.74, 6) is 0.300. The number of phenolic OH excluding ortho intramolecular Hbond substituents is 2. The highest BCUT2D eigenvalue weighted by Gasteiger charge is 2.09. The number of hydrogen-bond acceptors (Lipinski definition) is 2. The van der Waals surface area contributed by atoms with E-state index in [1.165, 1.54) is 6.07 Å². The van der Waals surface area contributed by atoms with Gasteiger partial charge in [0.15, 0.2) is 0 Å². The number of hydrogen-bond donors (Lipinski definition) is 2. The van der Waals surface area contributed by atoms with Crippen LogP contribution >= 0.6 is 0 Å². The fourth-order valence-corrected chi connectivity index (χ4v) is 1.79. The van der Waals surface area contributed by atoms with Crippen LogP contribution < -0.4 is 10.4 Å². The van der Waals surface area contributed by atoms with Crippen molar-refractivity contribution in [3.63, 3.8) is 0 Å². The average Bonchev–Trinajstić information content (AvgIpc) is 2.18. The lowest BCUT2D eigenvalue weighted by Crippen LogP contribution is -2.09. The highest BCUT2D eigenvalue weighted by atomic mass is 16.3. The Balaban J connectivity index is 3.23. The predicted octanol–water partition coefficient (Wildman–Crippen LogP) is 1.38. The lowest BCUT2D eigenvalue weighted by molar-refractivity contribution is 0.465. The third-order valence-corrected chi connectivity index (χ3v) is 2.60. The summed E-state index contributed by atoms with van der Waals surface area (Å²) in [4.78, 5) is 0. The summed E-state index contributed by atoms with van der Waals surface area (Å²) in [6.07, 6.45) is 0. The molecule has 0 radical (unpaired) electrons. The van der Waals surface area contributed by atoms with Gasteiger partial charge in [0.25, 0.3) is 0 Å². The maximum atomic E-state index is 9.91. The number of aryl methyl sites for hydroxylation is 1. The molecule has 0 saturated carbocycles. The predicted molar refractivity (Wildman–Crippen MR) is 62.3 cm³/mol. The van der Waals surface area contributed by atoms with Crippen molar-refractivity contribution in [1.82, 2.24) is 0 Å². The molecule has 2 rings (SSSR count). The molecule has 0 atom stereocenters. The van der Waals surface area contributed by atoms with Crippen LogP contribution in [0.4, 0.5) is 0 Å². The van der Waals surface area contributed by atoms with Crippen molar-refractivity contribution in [1.29, 1.82) is 0 Å². The topological polar surface area (TPSA) is 40.5 Å². The first-order valence-electron chi connectivity index (χ1n) is 4.64. The van der Waals surface area contributed by atoms with Crippen LogP contribution in [0, 0.1) is 6.92 Å². The van der Waals surface area contributed by atoms with E-state index in [-0.39, 0.29) is 11.5 Å². The monoisotopic (exact) mass is 200 g/mol. The summed E-state index contributed by atoms with van der Waals surface area (Å²) in [6, 6.07) is 5.09. The van der Waals surface area contributed by atoms with Crippen LogP contribution in [0.15, 0.2) is 18.2 Å². The molecule has 0 aliphatic rings. The van der Waals surface area contributed by atoms with Crippen molar-refractivity contribution in [3.05, 3.63) is 34.2 Å². The van der Waals surface area contributed by atoms with E-state index in [1.54, 1.807) is 19.1 Å². The Morgan fingerprint density at radius 3 is 2.13 bits per heavy atom. The van der Waals surface area contributed by atoms with Crippen LogP contribution in [0.25, 0.3) is 23.9 Å². The summed E-state index contributed by atoms with van der Waals surface area (Å²) >= 11 is 0. The van der Waals surface area contributed by atoms with Gasteiger partial charge < -0.3 is 10.2 Å². The smallest absolute Gasteiger partial charge is 0.127 e. The van der Waals surface area contributed by atoms with E-state index in [4.69, 9.17) is 0 Å². The minimum Gasteiger partial charge on any atom is -0.507 e. The molecule has 0 saturated heterocycles. The molecule has 0 amide bonds. The molecule has 0 aliphatic carbocycles. The van der Waals surface area contributed by atoms with Gasteiger partial charge in [0.2, 0.25) is 0 Å². The molecule has 2 aromatic rings. The summed E-state index contributed by atoms with van der Waals surface area (Å²) in [6.45, 7) is 9.40. The standard InChI is InChI=1S/C13H12O2/c1-7-4-5-8(2)12-11(7)10(14)6-9(3)13(12)15/h4-6,14-15H,1-2H2,3H3. The molecule has 0 fully saturated rings. The third-order valence-electron chi connectivity index (χ3n) is 2.60. The fraction of sp³-hybridized carbons (Fsp3) is 0.0769. The number of fused-ring (bicyclic) bond motifs is 1. The molecule has 2 heteroatoms. The van der Waals surface area contributed by atoms with Gasteiger partial charge in [-0.1, -0.05) is 25.3 Å². The number of benzene rings is 2. The molecular weight excluding hydrogens is 188 g/mol. The van der Waals surface area contributed by atoms with Crippen molar-refractivity contribution in [2.24, 2.45) is 0 Å². The van der Waals surface area contributed by atoms with Gasteiger partial charge in [0.05, 0.1) is 0 Å². The van der Waals surface area contributed by atoms with Crippen molar-refractivity contribution in [3.8, 4) is 11.5 Å². The molecular formula is C13H12O2. The molecule has 76 valence electrons. The highest BCUT2D eigenvalue weighted by Crippen LogP contribution is 2.30. The van der Waals surface area contributed by atoms with Crippen molar-refractivity contribution < 1.29 is 10.2 Å². The SMILES string of the molecule is C=c1ccc(=C)c2c(O)c(C)cc(O)c12. The van der Waals surface area contributed by atoms with E-state index < -0.39 is 0 Å². The second-order valence-corrected chi connectivity index (χ2v) is 3.70. The minimum atomic E-state index is 0.135. The van der Waals surface area contributed by atoms with Gasteiger partial charge in [0, 0.05) is 10.8 Å². The number of phenols is 2. The largest absolute Gasteiger partial charge is 0.507 e. The Kier molecular flexibility index (Phi) is 1.93. The van der Waals surface area contributed by atoms with E-state index in [0.717, 1.165) is 0 Å². The van der Waals surface area contributed by atoms with Gasteiger partial charge in [-0.25, -0.2) is 0 Å². The summed E-state index contributed by atoms with van der Waals surface area (Å²) in [5, 5.41) is 22.2. The summed E-state index contributed by atoms with van der Waals surface area (Å²) in [5.41, 5.74) is 0.635. The lowest BCUT2D eigenvalue weighted by Gasteiger charge is -2.07. The van der Waals surface area contributed by atoms with Gasteiger partial charge in [-0.15, -0.1) is 0 Å². The zero-order valence-corrected chi connectivity index (χ0v) is 8.54. The average molecular weight is 200 g/mol. The Hall–Kier alpha value is -1.96. The van der Waals surface area contributed by atoms with E-state index in [1.807, 2.05) is 0 Å². The van der Waals surface area contributed by atoms with Crippen LogP contribution in [-0.4, -0.2) is 10.2 Å². The van der Waals surface area contributed by atoms with Gasteiger partial charge in [-0.3, -0.25) is 0 Å². The van der Waals surface area contributed by atoms with E-state index >= 15 is 0 Å². The third kappa shape index (κ3) is 1.26. The van der Waals surface area contributed by atoms with Gasteiger partial charge in [-0.2, -0.15) is 0 Å². The molecule has 0 bridgehead atoms. The zero-order chi connectivity index (χ0) is 11.2. The van der Waals surface area contributed by atoms with Crippen LogP contribution in [0.2, 0.25) is 0 Å². The van der Waals surface area contributed by atoms with Crippen molar-refractivity contribution in [2.75, 3.05) is 0 Å². The normalized spacial score (nSPS) is 10.7. The Morgan fingerprint density at radius 1 is 1.00 bits per heavy atom. The molecule has 15 heavy (non-hydrogen) atoms. The summed E-state index contributed by atoms with van der Waals surface area (Å²) in [7, 11) is 0. The Bertz CT molecular complexity index is 642. The van der Waals surface area contributed by atoms with E-state index in [9.17, 15) is 10.2 Å². The molecule has 2 nitrogen and oxygen atoms in total. The Labute approximate surface area is 87.4 Å². The van der Waals surface area contributed by atoms with Gasteiger partial charge in [-0.05, 0) is 29.0 Å². The van der Waals surface area contributed by atoms with Crippen molar-refractivity contribution >= 4 is 23.9 Å². The van der Waals surface area contributed by atoms with Crippen LogP contribution in [0.1, 0.15) is 5.56 Å². The minimum absolute atomic E-state index is 0.135. The zero-order valence-electron chi connectivity index (χ0n) is 8.54. The van der Waals surface area contributed by atoms with E-state index in [0.29, 0.717) is 26.8 Å². The molecule has 0 spiro atoms. The first-order chi connectivity index (χ1) is 7.02. The molecule has 2 N–H and O–H groups in total.